The van der Waals surface area contributed by atoms with Gasteiger partial charge in [0, 0.05) is 16.8 Å². The maximum absolute atomic E-state index is 11.9. The Labute approximate surface area is 84.4 Å². The Bertz CT molecular complexity index is 348. The highest BCUT2D eigenvalue weighted by Crippen LogP contribution is 2.12. The number of ketones is 1. The molecule has 0 unspecified atom stereocenters. The fourth-order valence-corrected chi connectivity index (χ4v) is 1.38. The van der Waals surface area contributed by atoms with E-state index in [0.717, 1.165) is 0 Å². The molecule has 1 aromatic carbocycles. The smallest absolute Gasteiger partial charge is 0.190 e. The van der Waals surface area contributed by atoms with E-state index in [-0.39, 0.29) is 5.78 Å². The topological polar surface area (TPSA) is 43.1 Å². The Kier molecular flexibility index (Phi) is 3.46. The van der Waals surface area contributed by atoms with E-state index in [4.69, 9.17) is 5.73 Å². The summed E-state index contributed by atoms with van der Waals surface area (Å²) >= 11 is 0. The van der Waals surface area contributed by atoms with Gasteiger partial charge in [0.15, 0.2) is 5.78 Å². The van der Waals surface area contributed by atoms with Crippen molar-refractivity contribution in [3.05, 3.63) is 47.2 Å². The van der Waals surface area contributed by atoms with Gasteiger partial charge in [0.05, 0.1) is 0 Å². The van der Waals surface area contributed by atoms with E-state index in [1.807, 2.05) is 25.1 Å². The number of hydrogen-bond donors (Lipinski definition) is 1. The number of carbonyl (C=O) groups excluding carboxylic acids is 1. The van der Waals surface area contributed by atoms with Crippen molar-refractivity contribution >= 4 is 5.78 Å². The number of allylic oxidation sites excluding steroid dienone is 2. The van der Waals surface area contributed by atoms with Gasteiger partial charge in [0.2, 0.25) is 0 Å². The molecular formula is C12H15NO. The van der Waals surface area contributed by atoms with Gasteiger partial charge in [-0.05, 0) is 13.3 Å². The van der Waals surface area contributed by atoms with E-state index >= 15 is 0 Å². The first-order valence-electron chi connectivity index (χ1n) is 4.71. The molecule has 0 fully saturated rings. The Morgan fingerprint density at radius 3 is 2.29 bits per heavy atom. The van der Waals surface area contributed by atoms with E-state index in [0.29, 0.717) is 23.3 Å². The Morgan fingerprint density at radius 2 is 1.86 bits per heavy atom. The van der Waals surface area contributed by atoms with E-state index in [1.54, 1.807) is 19.1 Å². The molecule has 0 saturated heterocycles. The van der Waals surface area contributed by atoms with Gasteiger partial charge in [-0.2, -0.15) is 0 Å². The number of benzene rings is 1. The van der Waals surface area contributed by atoms with Crippen molar-refractivity contribution < 1.29 is 4.79 Å². The molecule has 0 radical (unpaired) electrons. The predicted octanol–water partition coefficient (Wildman–Crippen LogP) is 2.51. The fourth-order valence-electron chi connectivity index (χ4n) is 1.38. The van der Waals surface area contributed by atoms with Gasteiger partial charge in [-0.15, -0.1) is 0 Å². The zero-order chi connectivity index (χ0) is 10.6. The first-order chi connectivity index (χ1) is 6.66. The number of hydrogen-bond acceptors (Lipinski definition) is 2. The highest BCUT2D eigenvalue weighted by atomic mass is 16.1. The molecule has 0 amide bonds. The third-order valence-corrected chi connectivity index (χ3v) is 2.14. The van der Waals surface area contributed by atoms with Gasteiger partial charge < -0.3 is 5.73 Å². The van der Waals surface area contributed by atoms with Crippen LogP contribution < -0.4 is 5.73 Å². The lowest BCUT2D eigenvalue weighted by molar-refractivity contribution is 0.103. The highest BCUT2D eigenvalue weighted by Gasteiger charge is 2.11. The fraction of sp³-hybridized carbons (Fsp3) is 0.250. The minimum absolute atomic E-state index is 0.0353. The van der Waals surface area contributed by atoms with Crippen molar-refractivity contribution in [1.29, 1.82) is 0 Å². The summed E-state index contributed by atoms with van der Waals surface area (Å²) in [4.78, 5) is 11.9. The molecule has 0 heterocycles. The Morgan fingerprint density at radius 1 is 1.29 bits per heavy atom. The number of Topliss-reactive ketones (excluding diaryl/α,β-unsaturated/α-hetero) is 1. The second-order valence-electron chi connectivity index (χ2n) is 3.21. The van der Waals surface area contributed by atoms with Gasteiger partial charge in [-0.1, -0.05) is 37.3 Å². The van der Waals surface area contributed by atoms with Crippen LogP contribution in [0, 0.1) is 0 Å². The molecule has 0 saturated carbocycles. The van der Waals surface area contributed by atoms with E-state index in [1.165, 1.54) is 0 Å². The summed E-state index contributed by atoms with van der Waals surface area (Å²) in [6.45, 7) is 3.70. The lowest BCUT2D eigenvalue weighted by atomic mass is 10.0. The van der Waals surface area contributed by atoms with Crippen LogP contribution in [0.25, 0.3) is 0 Å². The molecule has 74 valence electrons. The van der Waals surface area contributed by atoms with Crippen LogP contribution in [-0.2, 0) is 0 Å². The first-order valence-corrected chi connectivity index (χ1v) is 4.71. The van der Waals surface area contributed by atoms with E-state index in [2.05, 4.69) is 0 Å². The van der Waals surface area contributed by atoms with Crippen LogP contribution in [-0.4, -0.2) is 5.78 Å². The molecule has 0 aliphatic rings. The molecule has 0 bridgehead atoms. The van der Waals surface area contributed by atoms with Crippen LogP contribution in [0.15, 0.2) is 41.6 Å². The van der Waals surface area contributed by atoms with Crippen molar-refractivity contribution in [3.63, 3.8) is 0 Å². The minimum atomic E-state index is 0.0353. The summed E-state index contributed by atoms with van der Waals surface area (Å²) < 4.78 is 0. The number of nitrogens with two attached hydrogens (primary N) is 1. The maximum Gasteiger partial charge on any atom is 0.190 e. The monoisotopic (exact) mass is 189 g/mol. The normalized spacial score (nSPS) is 12.1. The van der Waals surface area contributed by atoms with Crippen LogP contribution in [0.4, 0.5) is 0 Å². The van der Waals surface area contributed by atoms with Gasteiger partial charge in [0.1, 0.15) is 0 Å². The molecule has 2 heteroatoms. The summed E-state index contributed by atoms with van der Waals surface area (Å²) in [5.74, 6) is 0.0353. The summed E-state index contributed by atoms with van der Waals surface area (Å²) in [6.07, 6.45) is 0.677. The first kappa shape index (κ1) is 10.5. The van der Waals surface area contributed by atoms with Crippen LogP contribution in [0.1, 0.15) is 30.6 Å². The molecule has 2 N–H and O–H groups in total. The lowest BCUT2D eigenvalue weighted by Gasteiger charge is -2.05. The van der Waals surface area contributed by atoms with Gasteiger partial charge in [-0.3, -0.25) is 4.79 Å². The largest absolute Gasteiger partial charge is 0.402 e. The minimum Gasteiger partial charge on any atom is -0.402 e. The van der Waals surface area contributed by atoms with Crippen molar-refractivity contribution in [2.75, 3.05) is 0 Å². The molecule has 1 rings (SSSR count). The summed E-state index contributed by atoms with van der Waals surface area (Å²) in [6, 6.07) is 9.21. The molecule has 0 aliphatic carbocycles. The van der Waals surface area contributed by atoms with E-state index in [9.17, 15) is 4.79 Å². The SMILES string of the molecule is CC/C(C(=O)c1ccccc1)=C(\C)N. The van der Waals surface area contributed by atoms with Gasteiger partial charge in [0.25, 0.3) is 0 Å². The average molecular weight is 189 g/mol. The molecule has 0 atom stereocenters. The van der Waals surface area contributed by atoms with Crippen molar-refractivity contribution in [2.45, 2.75) is 20.3 Å². The molecule has 1 aromatic rings. The van der Waals surface area contributed by atoms with Crippen LogP contribution in [0.3, 0.4) is 0 Å². The summed E-state index contributed by atoms with van der Waals surface area (Å²) in [7, 11) is 0. The standard InChI is InChI=1S/C12H15NO/c1-3-11(9(2)13)12(14)10-7-5-4-6-8-10/h4-8H,3,13H2,1-2H3/b11-9-. The summed E-state index contributed by atoms with van der Waals surface area (Å²) in [5.41, 5.74) is 7.66. The zero-order valence-electron chi connectivity index (χ0n) is 8.58. The lowest BCUT2D eigenvalue weighted by Crippen LogP contribution is -2.08. The van der Waals surface area contributed by atoms with Gasteiger partial charge in [-0.25, -0.2) is 0 Å². The second-order valence-corrected chi connectivity index (χ2v) is 3.21. The highest BCUT2D eigenvalue weighted by molar-refractivity contribution is 6.08. The van der Waals surface area contributed by atoms with Crippen LogP contribution in [0.2, 0.25) is 0 Å². The quantitative estimate of drug-likeness (QED) is 0.586. The van der Waals surface area contributed by atoms with Crippen LogP contribution >= 0.6 is 0 Å². The van der Waals surface area contributed by atoms with Gasteiger partial charge >= 0.3 is 0 Å². The maximum atomic E-state index is 11.9. The Balaban J connectivity index is 3.02. The van der Waals surface area contributed by atoms with Crippen LogP contribution in [0.5, 0.6) is 0 Å². The predicted molar refractivity (Wildman–Crippen MR) is 58.0 cm³/mol. The van der Waals surface area contributed by atoms with Crippen molar-refractivity contribution in [2.24, 2.45) is 5.73 Å². The number of rotatable bonds is 3. The van der Waals surface area contributed by atoms with E-state index < -0.39 is 0 Å². The van der Waals surface area contributed by atoms with Crippen molar-refractivity contribution in [3.8, 4) is 0 Å². The average Bonchev–Trinajstić information content (AvgIpc) is 2.19. The molecule has 14 heavy (non-hydrogen) atoms. The number of carbonyl (C=O) groups is 1. The third-order valence-electron chi connectivity index (χ3n) is 2.14. The summed E-state index contributed by atoms with van der Waals surface area (Å²) in [5, 5.41) is 0. The third kappa shape index (κ3) is 2.22. The molecular weight excluding hydrogens is 174 g/mol. The molecule has 0 aromatic heterocycles. The molecule has 0 aliphatic heterocycles. The molecule has 2 nitrogen and oxygen atoms in total. The zero-order valence-corrected chi connectivity index (χ0v) is 8.58. The molecule has 0 spiro atoms. The second kappa shape index (κ2) is 4.61. The Hall–Kier alpha value is -1.57. The van der Waals surface area contributed by atoms with Crippen molar-refractivity contribution in [1.82, 2.24) is 0 Å².